The van der Waals surface area contributed by atoms with Gasteiger partial charge in [-0.2, -0.15) is 0 Å². The first kappa shape index (κ1) is 62.6. The fourth-order valence-corrected chi connectivity index (χ4v) is 13.8. The number of aromatic nitrogens is 1. The van der Waals surface area contributed by atoms with Gasteiger partial charge in [0.15, 0.2) is 0 Å². The Bertz CT molecular complexity index is 4160. The molecule has 0 saturated heterocycles. The monoisotopic (exact) mass is 1130 g/mol. The Hall–Kier alpha value is -8.92. The fourth-order valence-electron chi connectivity index (χ4n) is 13.8. The van der Waals surface area contributed by atoms with Gasteiger partial charge in [0.25, 0.3) is 0 Å². The largest absolute Gasteiger partial charge is 0.340 e. The highest BCUT2D eigenvalue weighted by molar-refractivity contribution is 6.10. The molecule has 87 heavy (non-hydrogen) atoms. The van der Waals surface area contributed by atoms with Crippen LogP contribution in [0.15, 0.2) is 238 Å². The van der Waals surface area contributed by atoms with Gasteiger partial charge in [-0.05, 0) is 217 Å². The van der Waals surface area contributed by atoms with Crippen molar-refractivity contribution >= 4 is 21.8 Å². The van der Waals surface area contributed by atoms with Crippen molar-refractivity contribution in [3.05, 3.63) is 261 Å². The fraction of sp³-hybridized carbons (Fsp3) is 0.349. The molecule has 0 unspecified atom stereocenters. The third-order valence-corrected chi connectivity index (χ3v) is 18.1. The molecule has 0 radical (unpaired) electrons. The summed E-state index contributed by atoms with van der Waals surface area (Å²) < 4.78 is 2.60. The predicted octanol–water partition coefficient (Wildman–Crippen LogP) is 23.9. The van der Waals surface area contributed by atoms with Crippen molar-refractivity contribution < 1.29 is 0 Å². The van der Waals surface area contributed by atoms with Crippen LogP contribution in [-0.4, -0.2) is 4.57 Å². The molecule has 0 aliphatic heterocycles. The second kappa shape index (κ2) is 32.5. The van der Waals surface area contributed by atoms with Crippen molar-refractivity contribution in [2.45, 2.75) is 192 Å². The standard InChI is InChI=1S/C86H85N/c1-6-11-16-21-26-30-34-43-60-85(61-44-35-31-27-22-17-12-7-2)79-50-41-39-48-73(79)75-56-52-71(67-81(75)85)69-54-58-83-77(65-69)78-66-70(55-59-84(78)87(83)64-47-38-25-20-15-10-5)72-53-57-76-74-49-40-42-51-80(74)86(82(76)68-72,62-45-36-32-28-23-18-13-8-3)63-46-37-33-29-24-19-14-9-4/h39-42,48-61,65-68H,1-2,8-10,13-15,18-20,23-25,28-29,32-33,36-38,45-47,62-64H2,3-5H3. The van der Waals surface area contributed by atoms with E-state index in [4.69, 9.17) is 0 Å². The summed E-state index contributed by atoms with van der Waals surface area (Å²) >= 11 is 0. The maximum absolute atomic E-state index is 3.52. The van der Waals surface area contributed by atoms with Crippen LogP contribution in [0.25, 0.3) is 66.3 Å². The van der Waals surface area contributed by atoms with Crippen LogP contribution in [0, 0.1) is 0 Å². The molecule has 0 saturated carbocycles. The maximum atomic E-state index is 3.52. The van der Waals surface area contributed by atoms with Gasteiger partial charge in [-0.15, -0.1) is 0 Å². The summed E-state index contributed by atoms with van der Waals surface area (Å²) in [4.78, 5) is 0. The molecular weight excluding hydrogens is 1050 g/mol. The summed E-state index contributed by atoms with van der Waals surface area (Å²) in [5.74, 6) is 0. The van der Waals surface area contributed by atoms with Crippen LogP contribution in [-0.2, 0) is 17.4 Å². The topological polar surface area (TPSA) is 4.93 Å². The zero-order chi connectivity index (χ0) is 60.4. The highest BCUT2D eigenvalue weighted by Gasteiger charge is 2.43. The Labute approximate surface area is 520 Å². The summed E-state index contributed by atoms with van der Waals surface area (Å²) in [5, 5.41) is 2.57. The van der Waals surface area contributed by atoms with Crippen LogP contribution in [0.5, 0.6) is 0 Å². The Morgan fingerprint density at radius 1 is 0.345 bits per heavy atom. The maximum Gasteiger partial charge on any atom is 0.0735 e. The van der Waals surface area contributed by atoms with Gasteiger partial charge < -0.3 is 4.57 Å². The molecule has 2 aliphatic rings. The first-order valence-corrected chi connectivity index (χ1v) is 32.8. The SMILES string of the molecule is C=C=C=C=C=C=C=C=C=CC1(C=C=C=C=C=C=C=C=C=C)c2ccccc2-c2ccc(-c3ccc4c(c3)c3cc(-c5ccc6c(c5)C(CCCCCCCCCC)(CCCCCCCCCC)c5ccccc5-6)ccc3n4CCCCCCCC)cc21. The molecule has 0 amide bonds. The van der Waals surface area contributed by atoms with Gasteiger partial charge in [0.2, 0.25) is 0 Å². The van der Waals surface area contributed by atoms with E-state index < -0.39 is 5.41 Å². The first-order valence-electron chi connectivity index (χ1n) is 32.8. The molecule has 6 aromatic carbocycles. The second-order valence-corrected chi connectivity index (χ2v) is 23.8. The molecule has 1 heteroatoms. The van der Waals surface area contributed by atoms with Gasteiger partial charge in [0.1, 0.15) is 0 Å². The lowest BCUT2D eigenvalue weighted by molar-refractivity contribution is 0.397. The number of rotatable bonds is 29. The van der Waals surface area contributed by atoms with Crippen LogP contribution < -0.4 is 0 Å². The summed E-state index contributed by atoms with van der Waals surface area (Å²) in [6.07, 6.45) is 35.3. The van der Waals surface area contributed by atoms with Crippen LogP contribution in [0.1, 0.15) is 197 Å². The second-order valence-electron chi connectivity index (χ2n) is 23.8. The van der Waals surface area contributed by atoms with E-state index in [-0.39, 0.29) is 5.41 Å². The summed E-state index contributed by atoms with van der Waals surface area (Å²) in [7, 11) is 0. The van der Waals surface area contributed by atoms with E-state index in [1.807, 2.05) is 12.2 Å². The minimum atomic E-state index is -0.801. The first-order chi connectivity index (χ1) is 43.0. The summed E-state index contributed by atoms with van der Waals surface area (Å²) in [5.41, 5.74) is 62.3. The molecule has 1 aromatic heterocycles. The molecule has 434 valence electrons. The van der Waals surface area contributed by atoms with E-state index in [2.05, 4.69) is 252 Å². The number of hydrogen-bond donors (Lipinski definition) is 0. The van der Waals surface area contributed by atoms with E-state index in [0.717, 1.165) is 46.3 Å². The van der Waals surface area contributed by atoms with Crippen molar-refractivity contribution in [1.82, 2.24) is 4.57 Å². The lowest BCUT2D eigenvalue weighted by Crippen LogP contribution is -2.25. The molecular formula is C86H85N. The van der Waals surface area contributed by atoms with E-state index in [1.165, 1.54) is 192 Å². The smallest absolute Gasteiger partial charge is 0.0735 e. The predicted molar refractivity (Wildman–Crippen MR) is 367 cm³/mol. The molecule has 7 aromatic rings. The lowest BCUT2D eigenvalue weighted by atomic mass is 9.70. The minimum Gasteiger partial charge on any atom is -0.340 e. The Balaban J connectivity index is 1.16. The number of aryl methyl sites for hydroxylation is 1. The van der Waals surface area contributed by atoms with Crippen LogP contribution in [0.4, 0.5) is 0 Å². The van der Waals surface area contributed by atoms with Gasteiger partial charge in [-0.25, -0.2) is 0 Å². The lowest BCUT2D eigenvalue weighted by Gasteiger charge is -2.33. The summed E-state index contributed by atoms with van der Waals surface area (Å²) in [6.45, 7) is 15.0. The van der Waals surface area contributed by atoms with E-state index >= 15 is 0 Å². The van der Waals surface area contributed by atoms with Gasteiger partial charge in [-0.3, -0.25) is 0 Å². The van der Waals surface area contributed by atoms with Crippen molar-refractivity contribution in [2.75, 3.05) is 0 Å². The molecule has 0 N–H and O–H groups in total. The number of fused-ring (bicyclic) bond motifs is 9. The summed E-state index contributed by atoms with van der Waals surface area (Å²) in [6, 6.07) is 46.9. The van der Waals surface area contributed by atoms with Crippen LogP contribution in [0.3, 0.4) is 0 Å². The average Bonchev–Trinajstić information content (AvgIpc) is 1.62. The number of nitrogens with zero attached hydrogens (tertiary/aromatic N) is 1. The third kappa shape index (κ3) is 15.2. The van der Waals surface area contributed by atoms with Gasteiger partial charge in [0.05, 0.1) is 5.41 Å². The van der Waals surface area contributed by atoms with Gasteiger partial charge >= 0.3 is 0 Å². The molecule has 2 aliphatic carbocycles. The highest BCUT2D eigenvalue weighted by Crippen LogP contribution is 2.56. The highest BCUT2D eigenvalue weighted by atomic mass is 15.0. The molecule has 0 bridgehead atoms. The van der Waals surface area contributed by atoms with Gasteiger partial charge in [0, 0.05) is 33.8 Å². The molecule has 0 fully saturated rings. The normalized spacial score (nSPS) is 13.2. The molecule has 1 nitrogen and oxygen atoms in total. The zero-order valence-electron chi connectivity index (χ0n) is 52.2. The number of benzene rings is 6. The van der Waals surface area contributed by atoms with E-state index in [1.54, 1.807) is 11.1 Å². The minimum absolute atomic E-state index is 0.0128. The molecule has 0 atom stereocenters. The van der Waals surface area contributed by atoms with Crippen molar-refractivity contribution in [3.63, 3.8) is 0 Å². The van der Waals surface area contributed by atoms with Gasteiger partial charge in [-0.1, -0.05) is 263 Å². The Morgan fingerprint density at radius 3 is 1.21 bits per heavy atom. The quantitative estimate of drug-likeness (QED) is 0.0325. The van der Waals surface area contributed by atoms with Crippen molar-refractivity contribution in [2.24, 2.45) is 0 Å². The van der Waals surface area contributed by atoms with E-state index in [9.17, 15) is 0 Å². The van der Waals surface area contributed by atoms with Crippen molar-refractivity contribution in [1.29, 1.82) is 0 Å². The number of allylic oxidation sites excluding steroid dienone is 2. The van der Waals surface area contributed by atoms with E-state index in [0.29, 0.717) is 0 Å². The molecule has 9 rings (SSSR count). The number of unbranched alkanes of at least 4 members (excludes halogenated alkanes) is 19. The van der Waals surface area contributed by atoms with Crippen LogP contribution >= 0.6 is 0 Å². The third-order valence-electron chi connectivity index (χ3n) is 18.1. The van der Waals surface area contributed by atoms with Crippen LogP contribution in [0.2, 0.25) is 0 Å². The molecule has 0 spiro atoms. The molecule has 1 heterocycles. The Kier molecular flexibility index (Phi) is 23.4. The van der Waals surface area contributed by atoms with Crippen molar-refractivity contribution in [3.8, 4) is 44.5 Å². The zero-order valence-corrected chi connectivity index (χ0v) is 52.2. The average molecular weight is 1130 g/mol. The number of hydrogen-bond acceptors (Lipinski definition) is 0. The Morgan fingerprint density at radius 2 is 0.713 bits per heavy atom.